The highest BCUT2D eigenvalue weighted by Crippen LogP contribution is 2.04. The van der Waals surface area contributed by atoms with Crippen LogP contribution in [0, 0.1) is 0 Å². The Morgan fingerprint density at radius 1 is 1.69 bits per heavy atom. The highest BCUT2D eigenvalue weighted by atomic mass is 16.1. The molecule has 0 unspecified atom stereocenters. The molecule has 1 heterocycles. The van der Waals surface area contributed by atoms with E-state index in [0.29, 0.717) is 0 Å². The van der Waals surface area contributed by atoms with E-state index in [0.717, 1.165) is 30.4 Å². The summed E-state index contributed by atoms with van der Waals surface area (Å²) in [5.41, 5.74) is 1.70. The minimum absolute atomic E-state index is 0.719. The minimum Gasteiger partial charge on any atom is -0.298 e. The van der Waals surface area contributed by atoms with Gasteiger partial charge in [-0.05, 0) is 25.0 Å². The van der Waals surface area contributed by atoms with Gasteiger partial charge in [0.25, 0.3) is 0 Å². The zero-order valence-electron chi connectivity index (χ0n) is 8.03. The fourth-order valence-electron chi connectivity index (χ4n) is 1.10. The van der Waals surface area contributed by atoms with Crippen LogP contribution in [0.2, 0.25) is 0 Å². The standard InChI is InChI=1S/C10H14N2O/c1-3-4-12-7-10(6-11-12)5-9(2)8-13/h5-8H,3-4H2,1-2H3/b9-5-. The predicted molar refractivity (Wildman–Crippen MR) is 52.2 cm³/mol. The van der Waals surface area contributed by atoms with Gasteiger partial charge in [-0.1, -0.05) is 6.92 Å². The van der Waals surface area contributed by atoms with Crippen LogP contribution in [0.5, 0.6) is 0 Å². The molecule has 0 aliphatic rings. The fourth-order valence-corrected chi connectivity index (χ4v) is 1.10. The van der Waals surface area contributed by atoms with Gasteiger partial charge in [0.2, 0.25) is 0 Å². The molecule has 1 rings (SSSR count). The lowest BCUT2D eigenvalue weighted by Crippen LogP contribution is -1.95. The summed E-state index contributed by atoms with van der Waals surface area (Å²) in [5, 5.41) is 4.15. The minimum atomic E-state index is 0.719. The first-order valence-electron chi connectivity index (χ1n) is 4.42. The normalized spacial score (nSPS) is 11.7. The number of hydrogen-bond donors (Lipinski definition) is 0. The summed E-state index contributed by atoms with van der Waals surface area (Å²) in [5.74, 6) is 0. The number of allylic oxidation sites excluding steroid dienone is 1. The average molecular weight is 178 g/mol. The first kappa shape index (κ1) is 9.71. The summed E-state index contributed by atoms with van der Waals surface area (Å²) in [6.45, 7) is 4.81. The maximum absolute atomic E-state index is 10.3. The summed E-state index contributed by atoms with van der Waals surface area (Å²) in [6, 6.07) is 0. The Bertz CT molecular complexity index is 312. The Balaban J connectivity index is 2.74. The second-order valence-corrected chi connectivity index (χ2v) is 3.04. The van der Waals surface area contributed by atoms with Crippen molar-refractivity contribution in [2.24, 2.45) is 0 Å². The molecule has 0 radical (unpaired) electrons. The van der Waals surface area contributed by atoms with Crippen LogP contribution < -0.4 is 0 Å². The van der Waals surface area contributed by atoms with E-state index in [1.165, 1.54) is 0 Å². The number of rotatable bonds is 4. The predicted octanol–water partition coefficient (Wildman–Crippen LogP) is 1.90. The van der Waals surface area contributed by atoms with Gasteiger partial charge in [0.1, 0.15) is 6.29 Å². The lowest BCUT2D eigenvalue weighted by atomic mass is 10.2. The average Bonchev–Trinajstić information content (AvgIpc) is 2.53. The van der Waals surface area contributed by atoms with Gasteiger partial charge in [-0.2, -0.15) is 5.10 Å². The molecule has 0 fully saturated rings. The van der Waals surface area contributed by atoms with Crippen LogP contribution in [-0.4, -0.2) is 16.1 Å². The van der Waals surface area contributed by atoms with Crippen molar-refractivity contribution in [3.8, 4) is 0 Å². The van der Waals surface area contributed by atoms with Crippen LogP contribution >= 0.6 is 0 Å². The summed E-state index contributed by atoms with van der Waals surface area (Å²) in [7, 11) is 0. The number of carbonyl (C=O) groups is 1. The molecule has 1 aromatic rings. The molecule has 0 N–H and O–H groups in total. The first-order valence-corrected chi connectivity index (χ1v) is 4.42. The molecule has 0 bridgehead atoms. The van der Waals surface area contributed by atoms with E-state index < -0.39 is 0 Å². The lowest BCUT2D eigenvalue weighted by Gasteiger charge is -1.93. The van der Waals surface area contributed by atoms with Gasteiger partial charge in [0.05, 0.1) is 6.20 Å². The van der Waals surface area contributed by atoms with Crippen LogP contribution in [-0.2, 0) is 11.3 Å². The Kier molecular flexibility index (Phi) is 3.43. The van der Waals surface area contributed by atoms with Crippen molar-refractivity contribution in [1.82, 2.24) is 9.78 Å². The first-order chi connectivity index (χ1) is 6.26. The molecule has 0 aliphatic carbocycles. The number of nitrogens with zero attached hydrogens (tertiary/aromatic N) is 2. The van der Waals surface area contributed by atoms with Crippen LogP contribution in [0.1, 0.15) is 25.8 Å². The molecule has 3 heteroatoms. The third-order valence-corrected chi connectivity index (χ3v) is 1.69. The maximum atomic E-state index is 10.3. The Hall–Kier alpha value is -1.38. The third kappa shape index (κ3) is 2.86. The summed E-state index contributed by atoms with van der Waals surface area (Å²) in [4.78, 5) is 10.3. The van der Waals surface area contributed by atoms with Gasteiger partial charge in [0, 0.05) is 18.3 Å². The number of aryl methyl sites for hydroxylation is 1. The van der Waals surface area contributed by atoms with Crippen LogP contribution in [0.15, 0.2) is 18.0 Å². The number of hydrogen-bond acceptors (Lipinski definition) is 2. The van der Waals surface area contributed by atoms with Crippen molar-refractivity contribution in [2.45, 2.75) is 26.8 Å². The Morgan fingerprint density at radius 3 is 3.08 bits per heavy atom. The molecule has 0 atom stereocenters. The fraction of sp³-hybridized carbons (Fsp3) is 0.400. The third-order valence-electron chi connectivity index (χ3n) is 1.69. The molecule has 0 aliphatic heterocycles. The van der Waals surface area contributed by atoms with E-state index in [4.69, 9.17) is 0 Å². The molecular formula is C10H14N2O. The zero-order chi connectivity index (χ0) is 9.68. The van der Waals surface area contributed by atoms with E-state index in [2.05, 4.69) is 12.0 Å². The van der Waals surface area contributed by atoms with Crippen molar-refractivity contribution < 1.29 is 4.79 Å². The molecule has 3 nitrogen and oxygen atoms in total. The monoisotopic (exact) mass is 178 g/mol. The lowest BCUT2D eigenvalue weighted by molar-refractivity contribution is -0.104. The molecule has 0 amide bonds. The van der Waals surface area contributed by atoms with E-state index >= 15 is 0 Å². The SMILES string of the molecule is CCCn1cc(/C=C(/C)C=O)cn1. The molecule has 0 saturated heterocycles. The van der Waals surface area contributed by atoms with E-state index in [1.807, 2.05) is 17.0 Å². The second-order valence-electron chi connectivity index (χ2n) is 3.04. The molecule has 1 aromatic heterocycles. The number of aromatic nitrogens is 2. The Labute approximate surface area is 78.1 Å². The Morgan fingerprint density at radius 2 is 2.46 bits per heavy atom. The number of carbonyl (C=O) groups excluding carboxylic acids is 1. The van der Waals surface area contributed by atoms with Gasteiger partial charge in [-0.3, -0.25) is 9.48 Å². The number of aldehydes is 1. The zero-order valence-corrected chi connectivity index (χ0v) is 8.03. The summed E-state index contributed by atoms with van der Waals surface area (Å²) >= 11 is 0. The van der Waals surface area contributed by atoms with Crippen molar-refractivity contribution in [2.75, 3.05) is 0 Å². The van der Waals surface area contributed by atoms with Crippen molar-refractivity contribution in [3.05, 3.63) is 23.5 Å². The van der Waals surface area contributed by atoms with E-state index in [1.54, 1.807) is 13.1 Å². The van der Waals surface area contributed by atoms with Crippen molar-refractivity contribution in [3.63, 3.8) is 0 Å². The van der Waals surface area contributed by atoms with Crippen molar-refractivity contribution in [1.29, 1.82) is 0 Å². The van der Waals surface area contributed by atoms with Crippen molar-refractivity contribution >= 4 is 12.4 Å². The van der Waals surface area contributed by atoms with Gasteiger partial charge < -0.3 is 0 Å². The van der Waals surface area contributed by atoms with E-state index in [9.17, 15) is 4.79 Å². The molecule has 13 heavy (non-hydrogen) atoms. The summed E-state index contributed by atoms with van der Waals surface area (Å²) < 4.78 is 1.88. The van der Waals surface area contributed by atoms with E-state index in [-0.39, 0.29) is 0 Å². The van der Waals surface area contributed by atoms with Gasteiger partial charge in [0.15, 0.2) is 0 Å². The van der Waals surface area contributed by atoms with Crippen LogP contribution in [0.4, 0.5) is 0 Å². The highest BCUT2D eigenvalue weighted by Gasteiger charge is 1.94. The topological polar surface area (TPSA) is 34.9 Å². The molecular weight excluding hydrogens is 164 g/mol. The second kappa shape index (κ2) is 4.60. The molecule has 70 valence electrons. The quantitative estimate of drug-likeness (QED) is 0.521. The molecule has 0 saturated carbocycles. The van der Waals surface area contributed by atoms with Gasteiger partial charge in [-0.25, -0.2) is 0 Å². The van der Waals surface area contributed by atoms with Gasteiger partial charge >= 0.3 is 0 Å². The van der Waals surface area contributed by atoms with Crippen LogP contribution in [0.3, 0.4) is 0 Å². The maximum Gasteiger partial charge on any atom is 0.145 e. The largest absolute Gasteiger partial charge is 0.298 e. The summed E-state index contributed by atoms with van der Waals surface area (Å²) in [6.07, 6.45) is 7.44. The molecule has 0 aromatic carbocycles. The van der Waals surface area contributed by atoms with Gasteiger partial charge in [-0.15, -0.1) is 0 Å². The molecule has 0 spiro atoms. The highest BCUT2D eigenvalue weighted by molar-refractivity contribution is 5.80. The van der Waals surface area contributed by atoms with Crippen LogP contribution in [0.25, 0.3) is 6.08 Å². The smallest absolute Gasteiger partial charge is 0.145 e.